The van der Waals surface area contributed by atoms with Gasteiger partial charge in [-0.2, -0.15) is 0 Å². The number of methoxy groups -OCH3 is 1. The third kappa shape index (κ3) is 4.11. The van der Waals surface area contributed by atoms with Crippen molar-refractivity contribution in [2.24, 2.45) is 5.11 Å². The Morgan fingerprint density at radius 2 is 2.16 bits per heavy atom. The number of azide groups is 1. The zero-order valence-electron chi connectivity index (χ0n) is 10.6. The van der Waals surface area contributed by atoms with Gasteiger partial charge in [0, 0.05) is 17.0 Å². The zero-order chi connectivity index (χ0) is 14.3. The Morgan fingerprint density at radius 3 is 2.74 bits per heavy atom. The van der Waals surface area contributed by atoms with Crippen LogP contribution in [0.25, 0.3) is 10.4 Å². The Kier molecular flexibility index (Phi) is 6.11. The summed E-state index contributed by atoms with van der Waals surface area (Å²) in [4.78, 5) is 2.57. The van der Waals surface area contributed by atoms with Crippen LogP contribution in [0.2, 0.25) is 0 Å². The van der Waals surface area contributed by atoms with Gasteiger partial charge in [0.2, 0.25) is 0 Å². The molecule has 1 rings (SSSR count). The van der Waals surface area contributed by atoms with Gasteiger partial charge in [0.15, 0.2) is 0 Å². The predicted molar refractivity (Wildman–Crippen MR) is 68.5 cm³/mol. The van der Waals surface area contributed by atoms with Gasteiger partial charge < -0.3 is 20.1 Å². The average molecular weight is 267 g/mol. The molecule has 0 radical (unpaired) electrons. The lowest BCUT2D eigenvalue weighted by atomic mass is 10.0. The third-order valence-electron chi connectivity index (χ3n) is 2.78. The van der Waals surface area contributed by atoms with Crippen LogP contribution in [0.1, 0.15) is 23.7 Å². The molecule has 1 aromatic carbocycles. The summed E-state index contributed by atoms with van der Waals surface area (Å²) in [5.74, 6) is 0.446. The maximum atomic E-state index is 9.97. The number of rotatable bonds is 7. The number of hydrogen-bond donors (Lipinski definition) is 3. The minimum atomic E-state index is -1.10. The fraction of sp³-hybridized carbons (Fsp3) is 0.500. The van der Waals surface area contributed by atoms with Crippen molar-refractivity contribution in [3.8, 4) is 5.75 Å². The summed E-state index contributed by atoms with van der Waals surface area (Å²) in [5.41, 5.74) is 9.21. The normalized spacial score (nSPS) is 13.5. The molecule has 0 aliphatic carbocycles. The van der Waals surface area contributed by atoms with Crippen molar-refractivity contribution in [3.05, 3.63) is 39.8 Å². The Balaban J connectivity index is 2.80. The monoisotopic (exact) mass is 267 g/mol. The molecule has 0 saturated heterocycles. The maximum Gasteiger partial charge on any atom is 0.124 e. The van der Waals surface area contributed by atoms with E-state index in [1.54, 1.807) is 18.2 Å². The highest BCUT2D eigenvalue weighted by atomic mass is 16.5. The van der Waals surface area contributed by atoms with Crippen LogP contribution in [0.15, 0.2) is 23.3 Å². The molecule has 2 unspecified atom stereocenters. The van der Waals surface area contributed by atoms with Crippen LogP contribution in [0, 0.1) is 0 Å². The van der Waals surface area contributed by atoms with Crippen molar-refractivity contribution in [1.29, 1.82) is 0 Å². The standard InChI is InChI=1S/C12H17N3O4/c1-19-11-6-8(2-3-9(11)7-16)12(18)10(17)4-5-14-15-13/h2-3,6,10,12,16-18H,4-5,7H2,1H3. The van der Waals surface area contributed by atoms with Gasteiger partial charge in [0.1, 0.15) is 11.9 Å². The lowest BCUT2D eigenvalue weighted by molar-refractivity contribution is 0.0149. The van der Waals surface area contributed by atoms with Crippen LogP contribution in [-0.2, 0) is 6.61 Å². The molecule has 7 heteroatoms. The smallest absolute Gasteiger partial charge is 0.124 e. The molecule has 2 atom stereocenters. The second-order valence-corrected chi connectivity index (χ2v) is 3.98. The lowest BCUT2D eigenvalue weighted by Crippen LogP contribution is -2.19. The third-order valence-corrected chi connectivity index (χ3v) is 2.78. The van der Waals surface area contributed by atoms with E-state index in [4.69, 9.17) is 15.4 Å². The van der Waals surface area contributed by atoms with Crippen molar-refractivity contribution >= 4 is 0 Å². The summed E-state index contributed by atoms with van der Waals surface area (Å²) in [7, 11) is 1.46. The molecule has 7 nitrogen and oxygen atoms in total. The molecule has 0 saturated carbocycles. The minimum absolute atomic E-state index is 0.112. The molecule has 3 N–H and O–H groups in total. The molecule has 0 bridgehead atoms. The van der Waals surface area contributed by atoms with E-state index in [1.807, 2.05) is 0 Å². The van der Waals surface area contributed by atoms with Crippen molar-refractivity contribution in [3.63, 3.8) is 0 Å². The number of hydrogen-bond acceptors (Lipinski definition) is 5. The second-order valence-electron chi connectivity index (χ2n) is 3.98. The van der Waals surface area contributed by atoms with Gasteiger partial charge in [-0.3, -0.25) is 0 Å². The molecule has 104 valence electrons. The molecular formula is C12H17N3O4. The Bertz CT molecular complexity index is 460. The molecule has 0 fully saturated rings. The molecule has 0 spiro atoms. The Labute approximate surface area is 110 Å². The van der Waals surface area contributed by atoms with Gasteiger partial charge in [0.25, 0.3) is 0 Å². The van der Waals surface area contributed by atoms with Gasteiger partial charge in [-0.1, -0.05) is 17.2 Å². The highest BCUT2D eigenvalue weighted by molar-refractivity contribution is 5.38. The van der Waals surface area contributed by atoms with Crippen LogP contribution in [0.5, 0.6) is 5.75 Å². The fourth-order valence-corrected chi connectivity index (χ4v) is 1.69. The van der Waals surface area contributed by atoms with Crippen molar-refractivity contribution in [2.75, 3.05) is 13.7 Å². The molecule has 0 aliphatic rings. The summed E-state index contributed by atoms with van der Waals surface area (Å²) in [6.07, 6.45) is -1.97. The fourth-order valence-electron chi connectivity index (χ4n) is 1.69. The van der Waals surface area contributed by atoms with E-state index < -0.39 is 12.2 Å². The first-order chi connectivity index (χ1) is 9.13. The van der Waals surface area contributed by atoms with E-state index >= 15 is 0 Å². The van der Waals surface area contributed by atoms with E-state index in [0.29, 0.717) is 16.9 Å². The second kappa shape index (κ2) is 7.60. The molecular weight excluding hydrogens is 250 g/mol. The number of benzene rings is 1. The van der Waals surface area contributed by atoms with Crippen molar-refractivity contribution in [2.45, 2.75) is 25.2 Å². The summed E-state index contributed by atoms with van der Waals surface area (Å²) >= 11 is 0. The van der Waals surface area contributed by atoms with E-state index in [9.17, 15) is 10.2 Å². The van der Waals surface area contributed by atoms with Crippen molar-refractivity contribution in [1.82, 2.24) is 0 Å². The zero-order valence-corrected chi connectivity index (χ0v) is 10.6. The van der Waals surface area contributed by atoms with Crippen LogP contribution >= 0.6 is 0 Å². The van der Waals surface area contributed by atoms with E-state index in [1.165, 1.54) is 7.11 Å². The largest absolute Gasteiger partial charge is 0.496 e. The summed E-state index contributed by atoms with van der Waals surface area (Å²) in [6.45, 7) is -0.0560. The van der Waals surface area contributed by atoms with E-state index in [-0.39, 0.29) is 19.6 Å². The van der Waals surface area contributed by atoms with Crippen LogP contribution in [0.4, 0.5) is 0 Å². The van der Waals surface area contributed by atoms with Gasteiger partial charge >= 0.3 is 0 Å². The summed E-state index contributed by atoms with van der Waals surface area (Å²) in [5, 5.41) is 32.1. The van der Waals surface area contributed by atoms with Crippen molar-refractivity contribution < 1.29 is 20.1 Å². The minimum Gasteiger partial charge on any atom is -0.496 e. The number of aliphatic hydroxyl groups excluding tert-OH is 3. The van der Waals surface area contributed by atoms with Gasteiger partial charge in [-0.15, -0.1) is 0 Å². The molecule has 0 aliphatic heterocycles. The maximum absolute atomic E-state index is 9.97. The van der Waals surface area contributed by atoms with Crippen LogP contribution < -0.4 is 4.74 Å². The van der Waals surface area contributed by atoms with Crippen LogP contribution in [0.3, 0.4) is 0 Å². The summed E-state index contributed by atoms with van der Waals surface area (Å²) in [6, 6.07) is 4.79. The topological polar surface area (TPSA) is 119 Å². The number of aliphatic hydroxyl groups is 3. The van der Waals surface area contributed by atoms with E-state index in [0.717, 1.165) is 0 Å². The average Bonchev–Trinajstić information content (AvgIpc) is 2.45. The molecule has 19 heavy (non-hydrogen) atoms. The molecule has 1 aromatic rings. The van der Waals surface area contributed by atoms with Gasteiger partial charge in [-0.25, -0.2) is 0 Å². The Morgan fingerprint density at radius 1 is 1.42 bits per heavy atom. The Hall–Kier alpha value is -1.79. The van der Waals surface area contributed by atoms with Gasteiger partial charge in [0.05, 0.1) is 19.8 Å². The lowest BCUT2D eigenvalue weighted by Gasteiger charge is -2.18. The number of ether oxygens (including phenoxy) is 1. The first kappa shape index (κ1) is 15.3. The molecule has 0 heterocycles. The number of nitrogens with zero attached hydrogens (tertiary/aromatic N) is 3. The first-order valence-corrected chi connectivity index (χ1v) is 5.78. The SMILES string of the molecule is COc1cc(C(O)C(O)CCN=[N+]=[N-])ccc1CO. The predicted octanol–water partition coefficient (Wildman–Crippen LogP) is 1.28. The molecule has 0 aromatic heterocycles. The first-order valence-electron chi connectivity index (χ1n) is 5.78. The highest BCUT2D eigenvalue weighted by Crippen LogP contribution is 2.26. The van der Waals surface area contributed by atoms with Crippen LogP contribution in [-0.4, -0.2) is 35.1 Å². The summed E-state index contributed by atoms with van der Waals surface area (Å²) < 4.78 is 5.09. The quantitative estimate of drug-likeness (QED) is 0.391. The van der Waals surface area contributed by atoms with Gasteiger partial charge in [-0.05, 0) is 23.6 Å². The highest BCUT2D eigenvalue weighted by Gasteiger charge is 2.19. The van der Waals surface area contributed by atoms with E-state index in [2.05, 4.69) is 10.0 Å². The molecule has 0 amide bonds.